The second-order valence-corrected chi connectivity index (χ2v) is 5.49. The topological polar surface area (TPSA) is 45.4 Å². The average Bonchev–Trinajstić information content (AvgIpc) is 2.37. The molecule has 1 aliphatic heterocycles. The summed E-state index contributed by atoms with van der Waals surface area (Å²) in [5.74, 6) is 0. The summed E-state index contributed by atoms with van der Waals surface area (Å²) < 4.78 is 0. The molecule has 2 bridgehead atoms. The maximum Gasteiger partial charge on any atom is 0.0547 e. The van der Waals surface area contributed by atoms with Crippen LogP contribution in [-0.4, -0.2) is 42.0 Å². The molecule has 1 aliphatic rings. The van der Waals surface area contributed by atoms with Crippen LogP contribution in [-0.2, 0) is 13.1 Å². The van der Waals surface area contributed by atoms with E-state index in [2.05, 4.69) is 54.2 Å². The van der Waals surface area contributed by atoms with Crippen LogP contribution in [0.15, 0.2) is 42.1 Å². The van der Waals surface area contributed by atoms with Crippen molar-refractivity contribution in [2.45, 2.75) is 19.5 Å². The highest BCUT2D eigenvalue weighted by molar-refractivity contribution is 5.14. The van der Waals surface area contributed by atoms with Crippen LogP contribution in [0.4, 0.5) is 0 Å². The molecule has 4 nitrogen and oxygen atoms in total. The van der Waals surface area contributed by atoms with Crippen LogP contribution in [0.25, 0.3) is 0 Å². The molecular weight excluding hydrogens is 248 g/mol. The molecule has 0 unspecified atom stereocenters. The second-order valence-electron chi connectivity index (χ2n) is 5.49. The molecule has 4 heteroatoms. The Morgan fingerprint density at radius 1 is 1.05 bits per heavy atom. The highest BCUT2D eigenvalue weighted by Gasteiger charge is 2.06. The number of allylic oxidation sites excluding steroid dienone is 2. The van der Waals surface area contributed by atoms with Gasteiger partial charge in [-0.2, -0.15) is 0 Å². The minimum Gasteiger partial charge on any atom is -0.401 e. The molecule has 108 valence electrons. The van der Waals surface area contributed by atoms with Crippen LogP contribution in [0.2, 0.25) is 0 Å². The Bertz CT molecular complexity index is 493. The summed E-state index contributed by atoms with van der Waals surface area (Å²) in [4.78, 5) is 9.20. The lowest BCUT2D eigenvalue weighted by Gasteiger charge is -2.19. The lowest BCUT2D eigenvalue weighted by molar-refractivity contribution is 0.325. The van der Waals surface area contributed by atoms with E-state index in [1.165, 1.54) is 0 Å². The lowest BCUT2D eigenvalue weighted by atomic mass is 10.2. The van der Waals surface area contributed by atoms with Gasteiger partial charge in [0.2, 0.25) is 0 Å². The first-order valence-electron chi connectivity index (χ1n) is 7.06. The van der Waals surface area contributed by atoms with Gasteiger partial charge in [-0.3, -0.25) is 9.88 Å². The molecule has 0 aliphatic carbocycles. The fraction of sp³-hybridized carbons (Fsp3) is 0.438. The minimum absolute atomic E-state index is 0.760. The first-order chi connectivity index (χ1) is 9.63. The van der Waals surface area contributed by atoms with Crippen LogP contribution < -0.4 is 5.73 Å². The molecule has 2 N–H and O–H groups in total. The van der Waals surface area contributed by atoms with Crippen LogP contribution in [0.5, 0.6) is 0 Å². The van der Waals surface area contributed by atoms with E-state index < -0.39 is 0 Å². The van der Waals surface area contributed by atoms with Crippen molar-refractivity contribution in [3.8, 4) is 0 Å². The standard InChI is InChI=1S/C16H24N4/c1-19-10-5-3-4-7-14(17)11-20(2)13-16-9-6-8-15(12-19)18-16/h3-4,6-9H,5,10-13,17H2,1-2H3/b4-3-,14-7-. The van der Waals surface area contributed by atoms with Gasteiger partial charge in [-0.15, -0.1) is 0 Å². The molecule has 0 aromatic carbocycles. The Balaban J connectivity index is 2.18. The van der Waals surface area contributed by atoms with E-state index in [9.17, 15) is 0 Å². The number of fused-ring (bicyclic) bond motifs is 2. The third-order valence-electron chi connectivity index (χ3n) is 3.30. The Hall–Kier alpha value is -1.65. The quantitative estimate of drug-likeness (QED) is 0.781. The van der Waals surface area contributed by atoms with E-state index in [0.29, 0.717) is 0 Å². The van der Waals surface area contributed by atoms with Crippen molar-refractivity contribution in [1.82, 2.24) is 14.8 Å². The Morgan fingerprint density at radius 3 is 2.50 bits per heavy atom. The van der Waals surface area contributed by atoms with E-state index in [0.717, 1.165) is 49.7 Å². The molecule has 0 saturated heterocycles. The zero-order valence-corrected chi connectivity index (χ0v) is 12.4. The largest absolute Gasteiger partial charge is 0.401 e. The van der Waals surface area contributed by atoms with Crippen molar-refractivity contribution >= 4 is 0 Å². The fourth-order valence-electron chi connectivity index (χ4n) is 2.34. The average molecular weight is 272 g/mol. The number of nitrogens with two attached hydrogens (primary N) is 1. The number of likely N-dealkylation sites (N-methyl/N-ethyl adjacent to an activating group) is 1. The van der Waals surface area contributed by atoms with E-state index >= 15 is 0 Å². The van der Waals surface area contributed by atoms with Gasteiger partial charge >= 0.3 is 0 Å². The highest BCUT2D eigenvalue weighted by atomic mass is 15.1. The van der Waals surface area contributed by atoms with Crippen molar-refractivity contribution in [2.75, 3.05) is 27.2 Å². The summed E-state index contributed by atoms with van der Waals surface area (Å²) in [6.45, 7) is 3.49. The van der Waals surface area contributed by atoms with Crippen molar-refractivity contribution in [3.05, 3.63) is 53.5 Å². The Labute approximate surface area is 121 Å². The van der Waals surface area contributed by atoms with E-state index in [1.54, 1.807) is 0 Å². The molecule has 2 heterocycles. The number of nitrogens with zero attached hydrogens (tertiary/aromatic N) is 3. The minimum atomic E-state index is 0.760. The second kappa shape index (κ2) is 7.22. The summed E-state index contributed by atoms with van der Waals surface area (Å²) >= 11 is 0. The summed E-state index contributed by atoms with van der Waals surface area (Å²) in [6, 6.07) is 6.26. The summed E-state index contributed by atoms with van der Waals surface area (Å²) in [5.41, 5.74) is 9.12. The van der Waals surface area contributed by atoms with E-state index in [1.807, 2.05) is 6.08 Å². The predicted molar refractivity (Wildman–Crippen MR) is 82.9 cm³/mol. The van der Waals surface area contributed by atoms with Gasteiger partial charge in [0, 0.05) is 31.9 Å². The van der Waals surface area contributed by atoms with Crippen molar-refractivity contribution in [3.63, 3.8) is 0 Å². The highest BCUT2D eigenvalue weighted by Crippen LogP contribution is 2.07. The van der Waals surface area contributed by atoms with Gasteiger partial charge in [0.15, 0.2) is 0 Å². The monoisotopic (exact) mass is 272 g/mol. The fourth-order valence-corrected chi connectivity index (χ4v) is 2.34. The first-order valence-corrected chi connectivity index (χ1v) is 7.06. The van der Waals surface area contributed by atoms with E-state index in [-0.39, 0.29) is 0 Å². The molecule has 0 fully saturated rings. The predicted octanol–water partition coefficient (Wildman–Crippen LogP) is 1.75. The SMILES string of the molecule is CN1CC/C=C\C=C(/N)CN(C)Cc2cccc(n2)C1. The molecule has 0 spiro atoms. The van der Waals surface area contributed by atoms with Gasteiger partial charge in [0.25, 0.3) is 0 Å². The molecule has 1 aromatic heterocycles. The van der Waals surface area contributed by atoms with Crippen LogP contribution in [0.3, 0.4) is 0 Å². The van der Waals surface area contributed by atoms with E-state index in [4.69, 9.17) is 10.7 Å². The molecule has 0 radical (unpaired) electrons. The maximum absolute atomic E-state index is 6.02. The normalized spacial score (nSPS) is 23.6. The number of hydrogen-bond acceptors (Lipinski definition) is 4. The summed E-state index contributed by atoms with van der Waals surface area (Å²) in [5, 5.41) is 0. The zero-order valence-electron chi connectivity index (χ0n) is 12.4. The molecule has 0 saturated carbocycles. The molecule has 0 amide bonds. The summed E-state index contributed by atoms with van der Waals surface area (Å²) in [6.07, 6.45) is 7.24. The van der Waals surface area contributed by atoms with Gasteiger partial charge in [-0.1, -0.05) is 18.2 Å². The number of rotatable bonds is 0. The van der Waals surface area contributed by atoms with Crippen LogP contribution in [0, 0.1) is 0 Å². The molecule has 20 heavy (non-hydrogen) atoms. The number of hydrogen-bond donors (Lipinski definition) is 1. The van der Waals surface area contributed by atoms with Gasteiger partial charge in [0.1, 0.15) is 0 Å². The van der Waals surface area contributed by atoms with Crippen molar-refractivity contribution < 1.29 is 0 Å². The zero-order chi connectivity index (χ0) is 14.4. The smallest absolute Gasteiger partial charge is 0.0547 e. The molecule has 0 atom stereocenters. The Kier molecular flexibility index (Phi) is 5.32. The molecule has 2 rings (SSSR count). The van der Waals surface area contributed by atoms with Gasteiger partial charge < -0.3 is 10.6 Å². The third kappa shape index (κ3) is 4.79. The lowest BCUT2D eigenvalue weighted by Crippen LogP contribution is -2.25. The molecule has 1 aromatic rings. The number of pyridine rings is 1. The van der Waals surface area contributed by atoms with Crippen molar-refractivity contribution in [2.24, 2.45) is 5.73 Å². The first kappa shape index (κ1) is 14.8. The van der Waals surface area contributed by atoms with Gasteiger partial charge in [-0.05, 0) is 38.7 Å². The maximum atomic E-state index is 6.02. The Morgan fingerprint density at radius 2 is 1.75 bits per heavy atom. The summed E-state index contributed by atoms with van der Waals surface area (Å²) in [7, 11) is 4.20. The molecular formula is C16H24N4. The van der Waals surface area contributed by atoms with Crippen LogP contribution >= 0.6 is 0 Å². The van der Waals surface area contributed by atoms with Crippen LogP contribution in [0.1, 0.15) is 17.8 Å². The van der Waals surface area contributed by atoms with Gasteiger partial charge in [-0.25, -0.2) is 0 Å². The van der Waals surface area contributed by atoms with Crippen molar-refractivity contribution in [1.29, 1.82) is 0 Å². The number of aromatic nitrogens is 1. The third-order valence-corrected chi connectivity index (χ3v) is 3.30. The van der Waals surface area contributed by atoms with Gasteiger partial charge in [0.05, 0.1) is 11.4 Å².